The molecule has 34 heavy (non-hydrogen) atoms. The van der Waals surface area contributed by atoms with Crippen LogP contribution in [-0.4, -0.2) is 26.1 Å². The zero-order valence-corrected chi connectivity index (χ0v) is 19.2. The van der Waals surface area contributed by atoms with E-state index in [9.17, 15) is 22.0 Å². The van der Waals surface area contributed by atoms with Crippen LogP contribution in [0.15, 0.2) is 36.4 Å². The molecule has 3 rings (SSSR count). The molecule has 1 saturated heterocycles. The number of unbranched alkanes of at least 4 members (excludes halogenated alkanes) is 1. The van der Waals surface area contributed by atoms with Gasteiger partial charge in [0, 0.05) is 12.5 Å². The van der Waals surface area contributed by atoms with E-state index in [4.69, 9.17) is 14.2 Å². The maximum Gasteiger partial charge on any atom is 0.426 e. The lowest BCUT2D eigenvalue weighted by molar-refractivity contribution is -0.187. The van der Waals surface area contributed by atoms with Crippen LogP contribution in [0, 0.1) is 5.82 Å². The Bertz CT molecular complexity index is 912. The second-order valence-corrected chi connectivity index (χ2v) is 8.03. The maximum absolute atomic E-state index is 14.7. The number of ether oxygens (including phenoxy) is 4. The Morgan fingerprint density at radius 3 is 2.32 bits per heavy atom. The number of hydrogen-bond acceptors (Lipinski definition) is 4. The van der Waals surface area contributed by atoms with Gasteiger partial charge in [-0.1, -0.05) is 25.5 Å². The highest BCUT2D eigenvalue weighted by Crippen LogP contribution is 2.40. The van der Waals surface area contributed by atoms with E-state index in [1.54, 1.807) is 0 Å². The Morgan fingerprint density at radius 2 is 1.74 bits per heavy atom. The lowest BCUT2D eigenvalue weighted by atomic mass is 9.92. The third-order valence-corrected chi connectivity index (χ3v) is 5.61. The normalized spacial score (nSPS) is 18.8. The van der Waals surface area contributed by atoms with Crippen LogP contribution < -0.4 is 9.47 Å². The number of halogens is 5. The van der Waals surface area contributed by atoms with Gasteiger partial charge in [0.15, 0.2) is 17.9 Å². The third-order valence-electron chi connectivity index (χ3n) is 5.61. The molecule has 2 unspecified atom stereocenters. The maximum atomic E-state index is 14.7. The van der Waals surface area contributed by atoms with Gasteiger partial charge in [0.2, 0.25) is 0 Å². The fourth-order valence-electron chi connectivity index (χ4n) is 3.75. The SMILES string of the molecule is CCCCOC1CCC(c2ccc(C(F)(F)Oc3ccc(OCC)c(C(F)F)c3F)cc2)CO1. The molecule has 1 aliphatic rings. The topological polar surface area (TPSA) is 36.9 Å². The minimum Gasteiger partial charge on any atom is -0.493 e. The van der Waals surface area contributed by atoms with Crippen LogP contribution in [0.2, 0.25) is 0 Å². The number of alkyl halides is 4. The predicted molar refractivity (Wildman–Crippen MR) is 116 cm³/mol. The summed E-state index contributed by atoms with van der Waals surface area (Å²) in [5.41, 5.74) is -0.820. The fourth-order valence-corrected chi connectivity index (χ4v) is 3.75. The lowest BCUT2D eigenvalue weighted by Crippen LogP contribution is -2.27. The largest absolute Gasteiger partial charge is 0.493 e. The van der Waals surface area contributed by atoms with Crippen molar-refractivity contribution < 1.29 is 40.9 Å². The first-order chi connectivity index (χ1) is 16.3. The molecule has 0 aromatic heterocycles. The van der Waals surface area contributed by atoms with E-state index in [0.717, 1.165) is 37.0 Å². The van der Waals surface area contributed by atoms with E-state index in [-0.39, 0.29) is 18.8 Å². The van der Waals surface area contributed by atoms with Crippen molar-refractivity contribution in [2.45, 2.75) is 64.3 Å². The molecular formula is C25H29F5O4. The van der Waals surface area contributed by atoms with Gasteiger partial charge in [0.1, 0.15) is 5.75 Å². The number of hydrogen-bond donors (Lipinski definition) is 0. The minimum atomic E-state index is -3.94. The summed E-state index contributed by atoms with van der Waals surface area (Å²) in [6.45, 7) is 4.68. The second kappa shape index (κ2) is 11.8. The first-order valence-electron chi connectivity index (χ1n) is 11.4. The molecule has 4 nitrogen and oxygen atoms in total. The summed E-state index contributed by atoms with van der Waals surface area (Å²) in [6.07, 6.45) is -3.95. The smallest absolute Gasteiger partial charge is 0.426 e. The Labute approximate surface area is 196 Å². The molecule has 0 amide bonds. The first-order valence-corrected chi connectivity index (χ1v) is 11.4. The second-order valence-electron chi connectivity index (χ2n) is 8.03. The molecule has 1 aliphatic heterocycles. The number of rotatable bonds is 11. The summed E-state index contributed by atoms with van der Waals surface area (Å²) in [5.74, 6) is -2.94. The van der Waals surface area contributed by atoms with Gasteiger partial charge in [0.25, 0.3) is 6.43 Å². The van der Waals surface area contributed by atoms with Crippen molar-refractivity contribution in [3.63, 3.8) is 0 Å². The van der Waals surface area contributed by atoms with Crippen LogP contribution in [0.25, 0.3) is 0 Å². The summed E-state index contributed by atoms with van der Waals surface area (Å²) in [4.78, 5) is 0. The molecule has 9 heteroatoms. The van der Waals surface area contributed by atoms with Crippen molar-refractivity contribution >= 4 is 0 Å². The molecule has 0 N–H and O–H groups in total. The molecule has 188 valence electrons. The van der Waals surface area contributed by atoms with E-state index in [2.05, 4.69) is 11.7 Å². The van der Waals surface area contributed by atoms with Gasteiger partial charge in [-0.15, -0.1) is 0 Å². The average molecular weight is 488 g/mol. The Balaban J connectivity index is 1.67. The van der Waals surface area contributed by atoms with Gasteiger partial charge in [-0.05, 0) is 56.0 Å². The monoisotopic (exact) mass is 488 g/mol. The van der Waals surface area contributed by atoms with Gasteiger partial charge in [-0.2, -0.15) is 8.78 Å². The lowest BCUT2D eigenvalue weighted by Gasteiger charge is -2.29. The van der Waals surface area contributed by atoms with Crippen molar-refractivity contribution in [3.05, 3.63) is 58.9 Å². The quantitative estimate of drug-likeness (QED) is 0.245. The highest BCUT2D eigenvalue weighted by Gasteiger charge is 2.37. The summed E-state index contributed by atoms with van der Waals surface area (Å²) in [6, 6.07) is 7.28. The van der Waals surface area contributed by atoms with Crippen molar-refractivity contribution in [2.24, 2.45) is 0 Å². The van der Waals surface area contributed by atoms with Crippen molar-refractivity contribution in [1.29, 1.82) is 0 Å². The molecule has 1 fully saturated rings. The van der Waals surface area contributed by atoms with Crippen molar-refractivity contribution in [2.75, 3.05) is 19.8 Å². The fraction of sp³-hybridized carbons (Fsp3) is 0.520. The molecule has 0 aliphatic carbocycles. The molecule has 1 heterocycles. The van der Waals surface area contributed by atoms with Crippen LogP contribution in [0.5, 0.6) is 11.5 Å². The summed E-state index contributed by atoms with van der Waals surface area (Å²) in [5, 5.41) is 0. The van der Waals surface area contributed by atoms with Gasteiger partial charge in [-0.25, -0.2) is 13.2 Å². The summed E-state index contributed by atoms with van der Waals surface area (Å²) in [7, 11) is 0. The van der Waals surface area contributed by atoms with Gasteiger partial charge < -0.3 is 18.9 Å². The van der Waals surface area contributed by atoms with Gasteiger partial charge in [-0.3, -0.25) is 0 Å². The standard InChI is InChI=1S/C25H29F5O4/c1-3-5-14-32-21-13-8-17(15-33-21)16-6-9-18(10-7-16)25(29,30)34-20-12-11-19(31-4-2)22(23(20)26)24(27)28/h6-7,9-12,17,21,24H,3-5,8,13-15H2,1-2H3. The van der Waals surface area contributed by atoms with E-state index < -0.39 is 41.0 Å². The molecule has 2 aromatic carbocycles. The van der Waals surface area contributed by atoms with Crippen molar-refractivity contribution in [3.8, 4) is 11.5 Å². The highest BCUT2D eigenvalue weighted by molar-refractivity contribution is 5.43. The zero-order chi connectivity index (χ0) is 24.7. The molecular weight excluding hydrogens is 459 g/mol. The molecule has 2 aromatic rings. The molecule has 0 saturated carbocycles. The van der Waals surface area contributed by atoms with E-state index >= 15 is 0 Å². The van der Waals surface area contributed by atoms with Crippen LogP contribution in [0.3, 0.4) is 0 Å². The average Bonchev–Trinajstić information content (AvgIpc) is 2.81. The first kappa shape index (κ1) is 26.2. The van der Waals surface area contributed by atoms with Crippen LogP contribution in [-0.2, 0) is 15.6 Å². The predicted octanol–water partition coefficient (Wildman–Crippen LogP) is 7.33. The van der Waals surface area contributed by atoms with Crippen molar-refractivity contribution in [1.82, 2.24) is 0 Å². The zero-order valence-electron chi connectivity index (χ0n) is 19.2. The van der Waals surface area contributed by atoms with Gasteiger partial charge in [0.05, 0.1) is 24.3 Å². The number of benzene rings is 2. The Morgan fingerprint density at radius 1 is 1.03 bits per heavy atom. The molecule has 0 spiro atoms. The van der Waals surface area contributed by atoms with Gasteiger partial charge >= 0.3 is 6.11 Å². The van der Waals surface area contributed by atoms with Crippen LogP contribution >= 0.6 is 0 Å². The molecule has 0 radical (unpaired) electrons. The third kappa shape index (κ3) is 6.39. The summed E-state index contributed by atoms with van der Waals surface area (Å²) >= 11 is 0. The molecule has 2 atom stereocenters. The van der Waals surface area contributed by atoms with E-state index in [1.165, 1.54) is 31.2 Å². The Kier molecular flexibility index (Phi) is 9.13. The van der Waals surface area contributed by atoms with E-state index in [0.29, 0.717) is 19.6 Å². The van der Waals surface area contributed by atoms with Crippen LogP contribution in [0.4, 0.5) is 22.0 Å². The minimum absolute atomic E-state index is 0.0143. The molecule has 0 bridgehead atoms. The summed E-state index contributed by atoms with van der Waals surface area (Å²) < 4.78 is 91.5. The van der Waals surface area contributed by atoms with E-state index in [1.807, 2.05) is 0 Å². The Hall–Kier alpha value is -2.39. The highest BCUT2D eigenvalue weighted by atomic mass is 19.3. The van der Waals surface area contributed by atoms with Crippen LogP contribution in [0.1, 0.15) is 68.6 Å².